The van der Waals surface area contributed by atoms with Crippen molar-refractivity contribution in [3.8, 4) is 34.7 Å². The van der Waals surface area contributed by atoms with Gasteiger partial charge in [0.2, 0.25) is 11.7 Å². The zero-order valence-corrected chi connectivity index (χ0v) is 19.8. The summed E-state index contributed by atoms with van der Waals surface area (Å²) >= 11 is 3.25. The summed E-state index contributed by atoms with van der Waals surface area (Å²) in [4.78, 5) is 18.5. The third-order valence-corrected chi connectivity index (χ3v) is 6.01. The Kier molecular flexibility index (Phi) is 6.28. The van der Waals surface area contributed by atoms with Gasteiger partial charge in [-0.15, -0.1) is 0 Å². The minimum Gasteiger partial charge on any atom is -0.490 e. The number of hydrogen-bond acceptors (Lipinski definition) is 6. The van der Waals surface area contributed by atoms with Crippen LogP contribution in [0.25, 0.3) is 22.8 Å². The lowest BCUT2D eigenvalue weighted by molar-refractivity contribution is -0.129. The summed E-state index contributed by atoms with van der Waals surface area (Å²) in [7, 11) is 0. The van der Waals surface area contributed by atoms with Gasteiger partial charge in [-0.2, -0.15) is 10.2 Å². The molecule has 0 N–H and O–H groups in total. The van der Waals surface area contributed by atoms with Gasteiger partial charge in [0.15, 0.2) is 0 Å². The van der Waals surface area contributed by atoms with Crippen LogP contribution in [0.5, 0.6) is 5.75 Å². The summed E-state index contributed by atoms with van der Waals surface area (Å²) in [6.07, 6.45) is 0.765. The van der Waals surface area contributed by atoms with Crippen LogP contribution in [0.4, 0.5) is 0 Å². The number of amides is 1. The molecule has 0 spiro atoms. The van der Waals surface area contributed by atoms with Crippen molar-refractivity contribution in [3.63, 3.8) is 0 Å². The summed E-state index contributed by atoms with van der Waals surface area (Å²) < 4.78 is 11.2. The molecule has 164 valence electrons. The number of rotatable bonds is 5. The Morgan fingerprint density at radius 3 is 2.88 bits per heavy atom. The van der Waals surface area contributed by atoms with Crippen molar-refractivity contribution in [2.24, 2.45) is 0 Å². The zero-order valence-electron chi connectivity index (χ0n) is 18.2. The molecule has 0 unspecified atom stereocenters. The first-order valence-corrected chi connectivity index (χ1v) is 11.5. The maximum absolute atomic E-state index is 12.0. The van der Waals surface area contributed by atoms with Gasteiger partial charge in [0, 0.05) is 24.2 Å². The fraction of sp³-hybridized carbons (Fsp3) is 0.333. The highest BCUT2D eigenvalue weighted by atomic mass is 79.9. The lowest BCUT2D eigenvalue weighted by Gasteiger charge is -2.30. The average Bonchev–Trinajstić information content (AvgIpc) is 3.28. The Morgan fingerprint density at radius 2 is 2.16 bits per heavy atom. The highest BCUT2D eigenvalue weighted by Crippen LogP contribution is 2.32. The molecule has 0 fully saturated rings. The van der Waals surface area contributed by atoms with Crippen molar-refractivity contribution in [2.45, 2.75) is 39.8 Å². The third-order valence-electron chi connectivity index (χ3n) is 5.53. The lowest BCUT2D eigenvalue weighted by atomic mass is 9.91. The highest BCUT2D eigenvalue weighted by Gasteiger charge is 2.23. The van der Waals surface area contributed by atoms with Crippen LogP contribution in [0.1, 0.15) is 36.1 Å². The summed E-state index contributed by atoms with van der Waals surface area (Å²) in [6, 6.07) is 11.4. The molecule has 3 aromatic rings. The van der Waals surface area contributed by atoms with Crippen molar-refractivity contribution >= 4 is 21.8 Å². The first-order chi connectivity index (χ1) is 15.4. The van der Waals surface area contributed by atoms with Gasteiger partial charge in [-0.1, -0.05) is 33.2 Å². The largest absolute Gasteiger partial charge is 0.490 e. The normalized spacial score (nSPS) is 13.1. The van der Waals surface area contributed by atoms with Crippen molar-refractivity contribution in [1.82, 2.24) is 15.0 Å². The first kappa shape index (κ1) is 22.0. The second kappa shape index (κ2) is 9.13. The number of aromatic nitrogens is 2. The fourth-order valence-electron chi connectivity index (χ4n) is 3.94. The minimum atomic E-state index is -0.0281. The number of ether oxygens (including phenoxy) is 1. The number of nitrogens with zero attached hydrogens (tertiary/aromatic N) is 4. The second-order valence-corrected chi connectivity index (χ2v) is 8.55. The van der Waals surface area contributed by atoms with E-state index < -0.39 is 0 Å². The Morgan fingerprint density at radius 1 is 1.34 bits per heavy atom. The van der Waals surface area contributed by atoms with E-state index in [1.54, 1.807) is 12.1 Å². The molecule has 2 aromatic carbocycles. The molecule has 32 heavy (non-hydrogen) atoms. The average molecular weight is 495 g/mol. The Balaban J connectivity index is 1.62. The van der Waals surface area contributed by atoms with Crippen molar-refractivity contribution in [1.29, 1.82) is 5.26 Å². The standard InChI is InChI=1S/C24H23BrN4O3/c1-14(2)31-21-7-5-16(10-18(21)12-26)24-27-23(28-32-24)20-6-4-17-13-29(22(30)11-25)9-8-19(17)15(20)3/h4-7,10,14H,8-9,11,13H2,1-3H3. The van der Waals surface area contributed by atoms with Crippen LogP contribution in [-0.4, -0.2) is 38.9 Å². The fourth-order valence-corrected chi connectivity index (χ4v) is 4.29. The number of hydrogen-bond donors (Lipinski definition) is 0. The molecule has 2 heterocycles. The second-order valence-electron chi connectivity index (χ2n) is 7.99. The molecule has 0 saturated carbocycles. The van der Waals surface area contributed by atoms with Crippen LogP contribution in [0, 0.1) is 18.3 Å². The van der Waals surface area contributed by atoms with Crippen LogP contribution in [0.3, 0.4) is 0 Å². The van der Waals surface area contributed by atoms with Gasteiger partial charge in [-0.25, -0.2) is 0 Å². The molecule has 0 aliphatic carbocycles. The molecule has 7 nitrogen and oxygen atoms in total. The van der Waals surface area contributed by atoms with Gasteiger partial charge >= 0.3 is 0 Å². The smallest absolute Gasteiger partial charge is 0.258 e. The van der Waals surface area contributed by atoms with E-state index in [4.69, 9.17) is 9.26 Å². The highest BCUT2D eigenvalue weighted by molar-refractivity contribution is 9.09. The van der Waals surface area contributed by atoms with Crippen LogP contribution < -0.4 is 4.74 Å². The summed E-state index contributed by atoms with van der Waals surface area (Å²) in [5.74, 6) is 1.48. The van der Waals surface area contributed by atoms with Crippen LogP contribution in [-0.2, 0) is 17.8 Å². The number of carbonyl (C=O) groups is 1. The van der Waals surface area contributed by atoms with E-state index in [-0.39, 0.29) is 12.0 Å². The molecule has 4 rings (SSSR count). The van der Waals surface area contributed by atoms with Crippen molar-refractivity contribution in [2.75, 3.05) is 11.9 Å². The number of benzene rings is 2. The van der Waals surface area contributed by atoms with Crippen molar-refractivity contribution in [3.05, 3.63) is 52.6 Å². The molecule has 0 radical (unpaired) electrons. The van der Waals surface area contributed by atoms with Gasteiger partial charge in [-0.05, 0) is 62.1 Å². The van der Waals surface area contributed by atoms with Crippen molar-refractivity contribution < 1.29 is 14.1 Å². The number of halogens is 1. The zero-order chi connectivity index (χ0) is 22.8. The van der Waals surface area contributed by atoms with Crippen LogP contribution in [0.15, 0.2) is 34.9 Å². The Labute approximate surface area is 195 Å². The van der Waals surface area contributed by atoms with Gasteiger partial charge in [0.25, 0.3) is 5.89 Å². The maximum atomic E-state index is 12.0. The molecule has 0 saturated heterocycles. The molecule has 0 bridgehead atoms. The Hall–Kier alpha value is -3.18. The molecule has 1 aromatic heterocycles. The molecular formula is C24H23BrN4O3. The number of nitriles is 1. The van der Waals surface area contributed by atoms with E-state index >= 15 is 0 Å². The van der Waals surface area contributed by atoms with E-state index in [0.29, 0.717) is 47.0 Å². The third kappa shape index (κ3) is 4.26. The van der Waals surface area contributed by atoms with E-state index in [1.165, 1.54) is 5.56 Å². The molecule has 1 aliphatic heterocycles. The molecule has 8 heteroatoms. The number of fused-ring (bicyclic) bond motifs is 1. The SMILES string of the molecule is Cc1c(-c2noc(-c3ccc(OC(C)C)c(C#N)c3)n2)ccc2c1CCN(C(=O)CBr)C2. The molecule has 0 atom stereocenters. The maximum Gasteiger partial charge on any atom is 0.258 e. The van der Waals surface area contributed by atoms with E-state index in [1.807, 2.05) is 36.9 Å². The summed E-state index contributed by atoms with van der Waals surface area (Å²) in [6.45, 7) is 7.19. The minimum absolute atomic E-state index is 0.0281. The van der Waals surface area contributed by atoms with E-state index in [2.05, 4.69) is 39.1 Å². The lowest BCUT2D eigenvalue weighted by Crippen LogP contribution is -2.36. The summed E-state index contributed by atoms with van der Waals surface area (Å²) in [5, 5.41) is 14.0. The quantitative estimate of drug-likeness (QED) is 0.479. The predicted octanol–water partition coefficient (Wildman–Crippen LogP) is 4.65. The van der Waals surface area contributed by atoms with Gasteiger partial charge in [0.1, 0.15) is 11.8 Å². The van der Waals surface area contributed by atoms with E-state index in [9.17, 15) is 10.1 Å². The molecular weight excluding hydrogens is 472 g/mol. The number of carbonyl (C=O) groups excluding carboxylic acids is 1. The number of alkyl halides is 1. The van der Waals surface area contributed by atoms with Gasteiger partial charge < -0.3 is 14.2 Å². The molecule has 1 amide bonds. The molecule has 1 aliphatic rings. The Bertz CT molecular complexity index is 1210. The topological polar surface area (TPSA) is 92.2 Å². The first-order valence-electron chi connectivity index (χ1n) is 10.4. The van der Waals surface area contributed by atoms with Gasteiger partial charge in [-0.3, -0.25) is 4.79 Å². The predicted molar refractivity (Wildman–Crippen MR) is 123 cm³/mol. The monoisotopic (exact) mass is 494 g/mol. The van der Waals surface area contributed by atoms with E-state index in [0.717, 1.165) is 23.1 Å². The summed E-state index contributed by atoms with van der Waals surface area (Å²) in [5.41, 5.74) is 5.46. The van der Waals surface area contributed by atoms with Gasteiger partial charge in [0.05, 0.1) is 17.0 Å². The van der Waals surface area contributed by atoms with Crippen LogP contribution >= 0.6 is 15.9 Å². The van der Waals surface area contributed by atoms with Crippen LogP contribution in [0.2, 0.25) is 0 Å².